The normalized spacial score (nSPS) is 23.0. The van der Waals surface area contributed by atoms with Crippen molar-refractivity contribution in [3.8, 4) is 0 Å². The zero-order valence-electron chi connectivity index (χ0n) is 13.1. The first-order valence-corrected chi connectivity index (χ1v) is 7.85. The summed E-state index contributed by atoms with van der Waals surface area (Å²) in [5.74, 6) is 1.45. The molecule has 2 aliphatic rings. The molecule has 2 fully saturated rings. The number of hydrogen-bond acceptors (Lipinski definition) is 3. The standard InChI is InChI=1S/C16H21N5O/c1-19-8-3-5-13(19)15(22)21-9-12(14-18-17-11-20(14)2)16(10-21)6-4-7-16/h3,5,8,11-12H,4,6-7,9-10H2,1-2H3. The van der Waals surface area contributed by atoms with E-state index in [1.165, 1.54) is 19.3 Å². The van der Waals surface area contributed by atoms with Crippen molar-refractivity contribution in [3.63, 3.8) is 0 Å². The van der Waals surface area contributed by atoms with Crippen molar-refractivity contribution in [1.82, 2.24) is 24.2 Å². The number of nitrogens with zero attached hydrogens (tertiary/aromatic N) is 5. The third kappa shape index (κ3) is 1.82. The Morgan fingerprint density at radius 3 is 2.68 bits per heavy atom. The van der Waals surface area contributed by atoms with Gasteiger partial charge in [0.15, 0.2) is 0 Å². The summed E-state index contributed by atoms with van der Waals surface area (Å²) < 4.78 is 3.90. The van der Waals surface area contributed by atoms with Gasteiger partial charge in [0.1, 0.15) is 17.8 Å². The number of rotatable bonds is 2. The first kappa shape index (κ1) is 13.5. The van der Waals surface area contributed by atoms with Crippen molar-refractivity contribution in [2.24, 2.45) is 19.5 Å². The molecule has 4 rings (SSSR count). The second-order valence-corrected chi connectivity index (χ2v) is 6.76. The van der Waals surface area contributed by atoms with Crippen LogP contribution in [0.15, 0.2) is 24.7 Å². The number of aryl methyl sites for hydroxylation is 2. The average molecular weight is 299 g/mol. The summed E-state index contributed by atoms with van der Waals surface area (Å²) in [7, 11) is 3.91. The Balaban J connectivity index is 1.64. The van der Waals surface area contributed by atoms with Gasteiger partial charge >= 0.3 is 0 Å². The van der Waals surface area contributed by atoms with E-state index in [4.69, 9.17) is 0 Å². The maximum Gasteiger partial charge on any atom is 0.270 e. The van der Waals surface area contributed by atoms with Gasteiger partial charge < -0.3 is 14.0 Å². The highest BCUT2D eigenvalue weighted by Gasteiger charge is 2.53. The van der Waals surface area contributed by atoms with E-state index >= 15 is 0 Å². The monoisotopic (exact) mass is 299 g/mol. The predicted octanol–water partition coefficient (Wildman–Crippen LogP) is 1.56. The molecule has 1 amide bonds. The zero-order chi connectivity index (χ0) is 15.3. The number of aromatic nitrogens is 4. The van der Waals surface area contributed by atoms with E-state index in [0.29, 0.717) is 5.92 Å². The maximum atomic E-state index is 12.8. The van der Waals surface area contributed by atoms with E-state index in [1.54, 1.807) is 6.33 Å². The van der Waals surface area contributed by atoms with Crippen LogP contribution in [0.5, 0.6) is 0 Å². The number of carbonyl (C=O) groups excluding carboxylic acids is 1. The average Bonchev–Trinajstić information content (AvgIpc) is 3.14. The molecule has 2 aromatic rings. The molecule has 0 bridgehead atoms. The Hall–Kier alpha value is -2.11. The second kappa shape index (κ2) is 4.69. The van der Waals surface area contributed by atoms with Gasteiger partial charge in [0, 0.05) is 39.3 Å². The summed E-state index contributed by atoms with van der Waals surface area (Å²) in [6.07, 6.45) is 7.29. The fourth-order valence-electron chi connectivity index (χ4n) is 4.07. The molecule has 2 aromatic heterocycles. The van der Waals surface area contributed by atoms with E-state index in [1.807, 2.05) is 46.5 Å². The van der Waals surface area contributed by atoms with Crippen LogP contribution in [0.4, 0.5) is 0 Å². The van der Waals surface area contributed by atoms with Crippen molar-refractivity contribution in [3.05, 3.63) is 36.2 Å². The Morgan fingerprint density at radius 2 is 2.14 bits per heavy atom. The molecular weight excluding hydrogens is 278 g/mol. The minimum Gasteiger partial charge on any atom is -0.347 e. The summed E-state index contributed by atoms with van der Waals surface area (Å²) in [5, 5.41) is 8.35. The molecule has 6 nitrogen and oxygen atoms in total. The van der Waals surface area contributed by atoms with Crippen LogP contribution < -0.4 is 0 Å². The van der Waals surface area contributed by atoms with Gasteiger partial charge in [-0.25, -0.2) is 0 Å². The Morgan fingerprint density at radius 1 is 1.32 bits per heavy atom. The highest BCUT2D eigenvalue weighted by molar-refractivity contribution is 5.93. The van der Waals surface area contributed by atoms with Crippen LogP contribution >= 0.6 is 0 Å². The molecular formula is C16H21N5O. The predicted molar refractivity (Wildman–Crippen MR) is 81.3 cm³/mol. The van der Waals surface area contributed by atoms with E-state index in [9.17, 15) is 4.79 Å². The molecule has 1 atom stereocenters. The molecule has 0 aromatic carbocycles. The topological polar surface area (TPSA) is 56.0 Å². The van der Waals surface area contributed by atoms with Crippen LogP contribution in [-0.2, 0) is 14.1 Å². The quantitative estimate of drug-likeness (QED) is 0.845. The molecule has 22 heavy (non-hydrogen) atoms. The largest absolute Gasteiger partial charge is 0.347 e. The lowest BCUT2D eigenvalue weighted by Crippen LogP contribution is -2.38. The van der Waals surface area contributed by atoms with Crippen LogP contribution in [0.1, 0.15) is 41.5 Å². The van der Waals surface area contributed by atoms with Crippen molar-refractivity contribution in [1.29, 1.82) is 0 Å². The summed E-state index contributed by atoms with van der Waals surface area (Å²) in [4.78, 5) is 14.8. The molecule has 1 spiro atoms. The number of likely N-dealkylation sites (tertiary alicyclic amines) is 1. The molecule has 1 saturated carbocycles. The number of carbonyl (C=O) groups is 1. The lowest BCUT2D eigenvalue weighted by Gasteiger charge is -2.42. The van der Waals surface area contributed by atoms with Gasteiger partial charge in [-0.15, -0.1) is 10.2 Å². The van der Waals surface area contributed by atoms with Crippen LogP contribution in [0, 0.1) is 5.41 Å². The molecule has 0 N–H and O–H groups in total. The minimum atomic E-state index is 0.128. The van der Waals surface area contributed by atoms with E-state index < -0.39 is 0 Å². The minimum absolute atomic E-state index is 0.128. The highest BCUT2D eigenvalue weighted by Crippen LogP contribution is 2.55. The smallest absolute Gasteiger partial charge is 0.270 e. The third-order valence-corrected chi connectivity index (χ3v) is 5.51. The fraction of sp³-hybridized carbons (Fsp3) is 0.562. The van der Waals surface area contributed by atoms with Crippen molar-refractivity contribution >= 4 is 5.91 Å². The molecule has 1 aliphatic carbocycles. The molecule has 1 unspecified atom stereocenters. The van der Waals surface area contributed by atoms with Crippen LogP contribution in [0.25, 0.3) is 0 Å². The third-order valence-electron chi connectivity index (χ3n) is 5.51. The van der Waals surface area contributed by atoms with Gasteiger partial charge in [-0.05, 0) is 30.4 Å². The SMILES string of the molecule is Cn1cccc1C(=O)N1CC(c2nncn2C)C2(CCC2)C1. The number of amides is 1. The Kier molecular flexibility index (Phi) is 2.89. The summed E-state index contributed by atoms with van der Waals surface area (Å²) in [6, 6.07) is 3.81. The second-order valence-electron chi connectivity index (χ2n) is 6.76. The molecule has 0 radical (unpaired) electrons. The van der Waals surface area contributed by atoms with Crippen molar-refractivity contribution in [2.75, 3.05) is 13.1 Å². The lowest BCUT2D eigenvalue weighted by molar-refractivity contribution is 0.0714. The van der Waals surface area contributed by atoms with Crippen LogP contribution in [0.3, 0.4) is 0 Å². The molecule has 3 heterocycles. The zero-order valence-corrected chi connectivity index (χ0v) is 13.1. The van der Waals surface area contributed by atoms with E-state index in [-0.39, 0.29) is 11.3 Å². The van der Waals surface area contributed by atoms with E-state index in [2.05, 4.69) is 10.2 Å². The molecule has 1 aliphatic heterocycles. The Bertz CT molecular complexity index is 712. The molecule has 1 saturated heterocycles. The highest BCUT2D eigenvalue weighted by atomic mass is 16.2. The van der Waals surface area contributed by atoms with E-state index in [0.717, 1.165) is 24.6 Å². The summed E-state index contributed by atoms with van der Waals surface area (Å²) in [6.45, 7) is 1.59. The molecule has 116 valence electrons. The summed E-state index contributed by atoms with van der Waals surface area (Å²) in [5.41, 5.74) is 0.967. The van der Waals surface area contributed by atoms with Gasteiger partial charge in [0.2, 0.25) is 0 Å². The maximum absolute atomic E-state index is 12.8. The van der Waals surface area contributed by atoms with Gasteiger partial charge in [-0.2, -0.15) is 0 Å². The van der Waals surface area contributed by atoms with Gasteiger partial charge in [-0.1, -0.05) is 6.42 Å². The van der Waals surface area contributed by atoms with Crippen molar-refractivity contribution < 1.29 is 4.79 Å². The first-order valence-electron chi connectivity index (χ1n) is 7.85. The van der Waals surface area contributed by atoms with Gasteiger partial charge in [0.25, 0.3) is 5.91 Å². The first-order chi connectivity index (χ1) is 10.6. The molecule has 6 heteroatoms. The van der Waals surface area contributed by atoms with Gasteiger partial charge in [0.05, 0.1) is 0 Å². The lowest BCUT2D eigenvalue weighted by atomic mass is 9.62. The number of hydrogen-bond donors (Lipinski definition) is 0. The van der Waals surface area contributed by atoms with Crippen molar-refractivity contribution in [2.45, 2.75) is 25.2 Å². The summed E-state index contributed by atoms with van der Waals surface area (Å²) >= 11 is 0. The fourth-order valence-corrected chi connectivity index (χ4v) is 4.07. The van der Waals surface area contributed by atoms with Crippen LogP contribution in [-0.4, -0.2) is 43.2 Å². The van der Waals surface area contributed by atoms with Crippen LogP contribution in [0.2, 0.25) is 0 Å². The van der Waals surface area contributed by atoms with Gasteiger partial charge in [-0.3, -0.25) is 4.79 Å². The Labute approximate surface area is 129 Å².